The fraction of sp³-hybridized carbons (Fsp3) is 0.143. The summed E-state index contributed by atoms with van der Waals surface area (Å²) in [6.45, 7) is 1.66. The van der Waals surface area contributed by atoms with Crippen molar-refractivity contribution in [2.75, 3.05) is 5.73 Å². The Bertz CT molecular complexity index is 237. The van der Waals surface area contributed by atoms with Gasteiger partial charge in [0.2, 0.25) is 0 Å². The van der Waals surface area contributed by atoms with Crippen molar-refractivity contribution in [1.82, 2.24) is 0 Å². The lowest BCUT2D eigenvalue weighted by atomic mass is 10.2. The van der Waals surface area contributed by atoms with E-state index in [9.17, 15) is 4.39 Å². The minimum Gasteiger partial charge on any atom is -0.399 e. The van der Waals surface area contributed by atoms with Crippen LogP contribution in [0.4, 0.5) is 10.1 Å². The number of rotatable bonds is 0. The number of nitrogens with two attached hydrogens (primary N) is 1. The van der Waals surface area contributed by atoms with Gasteiger partial charge in [0.05, 0.1) is 0 Å². The first-order valence-corrected chi connectivity index (χ1v) is 3.30. The molecular formula is C7H8FNS. The van der Waals surface area contributed by atoms with E-state index in [0.29, 0.717) is 16.1 Å². The second kappa shape index (κ2) is 2.50. The van der Waals surface area contributed by atoms with Gasteiger partial charge in [-0.05, 0) is 24.6 Å². The van der Waals surface area contributed by atoms with Crippen molar-refractivity contribution in [1.29, 1.82) is 0 Å². The van der Waals surface area contributed by atoms with Crippen molar-refractivity contribution in [3.05, 3.63) is 23.5 Å². The Labute approximate surface area is 64.5 Å². The van der Waals surface area contributed by atoms with E-state index in [1.807, 2.05) is 0 Å². The van der Waals surface area contributed by atoms with Crippen LogP contribution in [0.1, 0.15) is 5.56 Å². The molecular weight excluding hydrogens is 149 g/mol. The van der Waals surface area contributed by atoms with Crippen LogP contribution < -0.4 is 5.73 Å². The highest BCUT2D eigenvalue weighted by atomic mass is 32.1. The second-order valence-electron chi connectivity index (χ2n) is 2.15. The van der Waals surface area contributed by atoms with E-state index in [-0.39, 0.29) is 5.82 Å². The predicted octanol–water partition coefficient (Wildman–Crippen LogP) is 2.01. The molecule has 1 rings (SSSR count). The SMILES string of the molecule is Cc1c(F)cc(N)cc1S. The molecule has 1 nitrogen and oxygen atoms in total. The molecule has 0 heterocycles. The minimum absolute atomic E-state index is 0.301. The second-order valence-corrected chi connectivity index (χ2v) is 2.63. The summed E-state index contributed by atoms with van der Waals surface area (Å²) in [5.74, 6) is -0.301. The molecule has 2 N–H and O–H groups in total. The van der Waals surface area contributed by atoms with Crippen LogP contribution in [0.15, 0.2) is 17.0 Å². The fourth-order valence-electron chi connectivity index (χ4n) is 0.685. The van der Waals surface area contributed by atoms with Gasteiger partial charge in [0.15, 0.2) is 0 Å². The highest BCUT2D eigenvalue weighted by Crippen LogP contribution is 2.19. The highest BCUT2D eigenvalue weighted by molar-refractivity contribution is 7.80. The van der Waals surface area contributed by atoms with Crippen LogP contribution in [0.25, 0.3) is 0 Å². The Morgan fingerprint density at radius 2 is 2.10 bits per heavy atom. The van der Waals surface area contributed by atoms with E-state index in [4.69, 9.17) is 5.73 Å². The van der Waals surface area contributed by atoms with Crippen molar-refractivity contribution >= 4 is 18.3 Å². The van der Waals surface area contributed by atoms with Crippen LogP contribution in [-0.2, 0) is 0 Å². The predicted molar refractivity (Wildman–Crippen MR) is 42.8 cm³/mol. The first-order chi connectivity index (χ1) is 4.61. The summed E-state index contributed by atoms with van der Waals surface area (Å²) in [4.78, 5) is 0.595. The maximum absolute atomic E-state index is 12.7. The summed E-state index contributed by atoms with van der Waals surface area (Å²) < 4.78 is 12.7. The molecule has 0 aromatic heterocycles. The van der Waals surface area contributed by atoms with Gasteiger partial charge in [-0.2, -0.15) is 0 Å². The molecule has 1 aromatic carbocycles. The Morgan fingerprint density at radius 1 is 1.50 bits per heavy atom. The van der Waals surface area contributed by atoms with Crippen molar-refractivity contribution < 1.29 is 4.39 Å². The van der Waals surface area contributed by atoms with Crippen molar-refractivity contribution in [2.24, 2.45) is 0 Å². The number of hydrogen-bond acceptors (Lipinski definition) is 2. The molecule has 0 aliphatic rings. The molecule has 0 atom stereocenters. The van der Waals surface area contributed by atoms with Crippen LogP contribution in [0.5, 0.6) is 0 Å². The molecule has 0 bridgehead atoms. The van der Waals surface area contributed by atoms with E-state index >= 15 is 0 Å². The smallest absolute Gasteiger partial charge is 0.129 e. The molecule has 0 amide bonds. The van der Waals surface area contributed by atoms with Gasteiger partial charge in [0, 0.05) is 10.6 Å². The zero-order valence-electron chi connectivity index (χ0n) is 5.56. The number of benzene rings is 1. The summed E-state index contributed by atoms with van der Waals surface area (Å²) in [5.41, 5.74) is 6.29. The molecule has 0 aliphatic carbocycles. The largest absolute Gasteiger partial charge is 0.399 e. The first kappa shape index (κ1) is 7.41. The van der Waals surface area contributed by atoms with Crippen LogP contribution in [-0.4, -0.2) is 0 Å². The average Bonchev–Trinajstić information content (AvgIpc) is 1.82. The fourth-order valence-corrected chi connectivity index (χ4v) is 0.941. The molecule has 1 aromatic rings. The van der Waals surface area contributed by atoms with E-state index in [0.717, 1.165) is 0 Å². The van der Waals surface area contributed by atoms with Gasteiger partial charge in [0.25, 0.3) is 0 Å². The quantitative estimate of drug-likeness (QED) is 0.437. The molecule has 0 saturated carbocycles. The normalized spacial score (nSPS) is 9.90. The third kappa shape index (κ3) is 1.24. The van der Waals surface area contributed by atoms with Crippen LogP contribution in [0.3, 0.4) is 0 Å². The number of anilines is 1. The molecule has 10 heavy (non-hydrogen) atoms. The van der Waals surface area contributed by atoms with Gasteiger partial charge < -0.3 is 5.73 Å². The summed E-state index contributed by atoms with van der Waals surface area (Å²) >= 11 is 4.02. The zero-order chi connectivity index (χ0) is 7.72. The molecule has 0 saturated heterocycles. The lowest BCUT2D eigenvalue weighted by molar-refractivity contribution is 0.614. The maximum atomic E-state index is 12.7. The minimum atomic E-state index is -0.301. The molecule has 0 fully saturated rings. The number of halogens is 1. The number of thiol groups is 1. The van der Waals surface area contributed by atoms with Crippen molar-refractivity contribution in [3.63, 3.8) is 0 Å². The zero-order valence-corrected chi connectivity index (χ0v) is 6.45. The molecule has 0 aliphatic heterocycles. The summed E-state index contributed by atoms with van der Waals surface area (Å²) in [5, 5.41) is 0. The van der Waals surface area contributed by atoms with E-state index in [1.54, 1.807) is 13.0 Å². The molecule has 54 valence electrons. The third-order valence-corrected chi connectivity index (χ3v) is 1.80. The highest BCUT2D eigenvalue weighted by Gasteiger charge is 2.00. The summed E-state index contributed by atoms with van der Waals surface area (Å²) in [6, 6.07) is 2.91. The van der Waals surface area contributed by atoms with Gasteiger partial charge in [0.1, 0.15) is 5.82 Å². The number of nitrogen functional groups attached to an aromatic ring is 1. The van der Waals surface area contributed by atoms with E-state index < -0.39 is 0 Å². The lowest BCUT2D eigenvalue weighted by Gasteiger charge is -2.00. The van der Waals surface area contributed by atoms with Gasteiger partial charge in [-0.3, -0.25) is 0 Å². The van der Waals surface area contributed by atoms with E-state index in [1.165, 1.54) is 6.07 Å². The van der Waals surface area contributed by atoms with Crippen LogP contribution in [0, 0.1) is 12.7 Å². The molecule has 0 radical (unpaired) electrons. The summed E-state index contributed by atoms with van der Waals surface area (Å²) in [7, 11) is 0. The summed E-state index contributed by atoms with van der Waals surface area (Å²) in [6.07, 6.45) is 0. The van der Waals surface area contributed by atoms with Crippen molar-refractivity contribution in [2.45, 2.75) is 11.8 Å². The van der Waals surface area contributed by atoms with Crippen LogP contribution >= 0.6 is 12.6 Å². The van der Waals surface area contributed by atoms with Gasteiger partial charge in [-0.1, -0.05) is 0 Å². The van der Waals surface area contributed by atoms with Gasteiger partial charge in [-0.15, -0.1) is 12.6 Å². The monoisotopic (exact) mass is 157 g/mol. The molecule has 0 unspecified atom stereocenters. The van der Waals surface area contributed by atoms with Crippen molar-refractivity contribution in [3.8, 4) is 0 Å². The first-order valence-electron chi connectivity index (χ1n) is 2.86. The van der Waals surface area contributed by atoms with E-state index in [2.05, 4.69) is 12.6 Å². The Hall–Kier alpha value is -0.700. The maximum Gasteiger partial charge on any atom is 0.129 e. The van der Waals surface area contributed by atoms with Crippen LogP contribution in [0.2, 0.25) is 0 Å². The Kier molecular flexibility index (Phi) is 1.85. The Balaban J connectivity index is 3.31. The van der Waals surface area contributed by atoms with Gasteiger partial charge in [-0.25, -0.2) is 4.39 Å². The third-order valence-electron chi connectivity index (χ3n) is 1.34. The lowest BCUT2D eigenvalue weighted by Crippen LogP contribution is -1.90. The Morgan fingerprint density at radius 3 is 2.60 bits per heavy atom. The topological polar surface area (TPSA) is 26.0 Å². The van der Waals surface area contributed by atoms with Gasteiger partial charge >= 0.3 is 0 Å². The molecule has 3 heteroatoms. The standard InChI is InChI=1S/C7H8FNS/c1-4-6(8)2-5(9)3-7(4)10/h2-3,10H,9H2,1H3. The average molecular weight is 157 g/mol. The number of hydrogen-bond donors (Lipinski definition) is 2. The molecule has 0 spiro atoms.